The van der Waals surface area contributed by atoms with Crippen molar-refractivity contribution in [2.75, 3.05) is 0 Å². The number of carbonyl (C=O) groups excluding carboxylic acids is 1. The van der Waals surface area contributed by atoms with Crippen LogP contribution < -0.4 is 5.32 Å². The number of hydrogen-bond acceptors (Lipinski definition) is 3. The highest BCUT2D eigenvalue weighted by atomic mass is 16.6. The summed E-state index contributed by atoms with van der Waals surface area (Å²) in [5, 5.41) is 11.9. The summed E-state index contributed by atoms with van der Waals surface area (Å²) in [5.74, 6) is 0. The first-order valence-corrected chi connectivity index (χ1v) is 4.94. The Hall–Kier alpha value is -0.770. The number of hydrogen-bond donors (Lipinski definition) is 2. The average Bonchev–Trinajstić information content (AvgIpc) is 1.96. The molecule has 1 amide bonds. The van der Waals surface area contributed by atoms with Gasteiger partial charge in [-0.2, -0.15) is 0 Å². The van der Waals surface area contributed by atoms with E-state index in [1.807, 2.05) is 6.92 Å². The van der Waals surface area contributed by atoms with Gasteiger partial charge in [0.2, 0.25) is 0 Å². The van der Waals surface area contributed by atoms with E-state index in [0.717, 1.165) is 0 Å². The molecule has 0 aliphatic carbocycles. The molecule has 0 heterocycles. The van der Waals surface area contributed by atoms with Gasteiger partial charge in [-0.25, -0.2) is 4.79 Å². The molecular weight excluding hydrogens is 182 g/mol. The topological polar surface area (TPSA) is 58.6 Å². The molecule has 84 valence electrons. The zero-order chi connectivity index (χ0) is 11.4. The Balaban J connectivity index is 4.04. The van der Waals surface area contributed by atoms with E-state index < -0.39 is 17.8 Å². The van der Waals surface area contributed by atoms with Gasteiger partial charge in [-0.05, 0) is 34.1 Å². The van der Waals surface area contributed by atoms with E-state index in [0.29, 0.717) is 6.42 Å². The van der Waals surface area contributed by atoms with Crippen LogP contribution >= 0.6 is 0 Å². The Morgan fingerprint density at radius 1 is 1.50 bits per heavy atom. The summed E-state index contributed by atoms with van der Waals surface area (Å²) >= 11 is 0. The number of ether oxygens (including phenoxy) is 1. The van der Waals surface area contributed by atoms with Gasteiger partial charge in [0.15, 0.2) is 0 Å². The fourth-order valence-corrected chi connectivity index (χ4v) is 1.02. The quantitative estimate of drug-likeness (QED) is 0.733. The third kappa shape index (κ3) is 5.80. The third-order valence-corrected chi connectivity index (χ3v) is 1.72. The molecule has 0 bridgehead atoms. The van der Waals surface area contributed by atoms with Crippen molar-refractivity contribution < 1.29 is 14.6 Å². The highest BCUT2D eigenvalue weighted by molar-refractivity contribution is 5.68. The summed E-state index contributed by atoms with van der Waals surface area (Å²) in [6.45, 7) is 8.95. The van der Waals surface area contributed by atoms with Crippen LogP contribution in [-0.4, -0.2) is 28.9 Å². The van der Waals surface area contributed by atoms with Gasteiger partial charge in [-0.15, -0.1) is 0 Å². The van der Waals surface area contributed by atoms with E-state index >= 15 is 0 Å². The molecule has 4 heteroatoms. The Labute approximate surface area is 85.6 Å². The molecule has 4 nitrogen and oxygen atoms in total. The van der Waals surface area contributed by atoms with Crippen molar-refractivity contribution in [2.45, 2.75) is 58.8 Å². The number of rotatable bonds is 3. The van der Waals surface area contributed by atoms with Crippen LogP contribution in [0.2, 0.25) is 0 Å². The molecule has 0 saturated heterocycles. The zero-order valence-electron chi connectivity index (χ0n) is 9.63. The maximum absolute atomic E-state index is 11.3. The molecule has 0 fully saturated rings. The molecule has 0 aliphatic heterocycles. The first-order chi connectivity index (χ1) is 6.26. The van der Waals surface area contributed by atoms with Gasteiger partial charge in [0.1, 0.15) is 5.60 Å². The minimum absolute atomic E-state index is 0.246. The predicted octanol–water partition coefficient (Wildman–Crippen LogP) is 1.67. The summed E-state index contributed by atoms with van der Waals surface area (Å²) < 4.78 is 5.06. The van der Waals surface area contributed by atoms with Crippen LogP contribution in [0.5, 0.6) is 0 Å². The lowest BCUT2D eigenvalue weighted by molar-refractivity contribution is 0.0434. The van der Waals surface area contributed by atoms with Crippen LogP contribution in [0.25, 0.3) is 0 Å². The molecular formula is C10H21NO3. The van der Waals surface area contributed by atoms with Crippen LogP contribution in [0.15, 0.2) is 0 Å². The Bertz CT molecular complexity index is 184. The van der Waals surface area contributed by atoms with Gasteiger partial charge in [0, 0.05) is 0 Å². The molecule has 0 aromatic rings. The molecule has 0 saturated carbocycles. The van der Waals surface area contributed by atoms with Gasteiger partial charge in [0.05, 0.1) is 12.1 Å². The molecule has 2 atom stereocenters. The normalized spacial score (nSPS) is 15.9. The standard InChI is InChI=1S/C10H21NO3/c1-6-8(7(2)12)11-9(13)14-10(3,4)5/h7-8,12H,6H2,1-5H3,(H,11,13)/t7?,8-/m1/s1. The maximum atomic E-state index is 11.3. The SMILES string of the molecule is CC[C@@H](NC(=O)OC(C)(C)C)C(C)O. The summed E-state index contributed by atoms with van der Waals surface area (Å²) in [6.07, 6.45) is -0.366. The number of aliphatic hydroxyl groups is 1. The fourth-order valence-electron chi connectivity index (χ4n) is 1.02. The van der Waals surface area contributed by atoms with Crippen LogP contribution in [0, 0.1) is 0 Å². The monoisotopic (exact) mass is 203 g/mol. The van der Waals surface area contributed by atoms with Gasteiger partial charge in [-0.1, -0.05) is 6.92 Å². The smallest absolute Gasteiger partial charge is 0.407 e. The lowest BCUT2D eigenvalue weighted by Gasteiger charge is -2.24. The minimum atomic E-state index is -0.562. The number of alkyl carbamates (subject to hydrolysis) is 1. The third-order valence-electron chi connectivity index (χ3n) is 1.72. The molecule has 0 aliphatic rings. The van der Waals surface area contributed by atoms with Crippen molar-refractivity contribution in [3.05, 3.63) is 0 Å². The summed E-state index contributed by atoms with van der Waals surface area (Å²) in [6, 6.07) is -0.246. The van der Waals surface area contributed by atoms with Gasteiger partial charge < -0.3 is 15.2 Å². The fraction of sp³-hybridized carbons (Fsp3) is 0.900. The first kappa shape index (κ1) is 13.2. The first-order valence-electron chi connectivity index (χ1n) is 4.94. The second-order valence-corrected chi connectivity index (χ2v) is 4.40. The molecule has 14 heavy (non-hydrogen) atoms. The van der Waals surface area contributed by atoms with E-state index in [-0.39, 0.29) is 6.04 Å². The second-order valence-electron chi connectivity index (χ2n) is 4.40. The largest absolute Gasteiger partial charge is 0.444 e. The number of carbonyl (C=O) groups is 1. The Kier molecular flexibility index (Phi) is 4.91. The van der Waals surface area contributed by atoms with Crippen LogP contribution in [0.3, 0.4) is 0 Å². The van der Waals surface area contributed by atoms with Crippen molar-refractivity contribution >= 4 is 6.09 Å². The predicted molar refractivity (Wildman–Crippen MR) is 55.1 cm³/mol. The van der Waals surface area contributed by atoms with E-state index in [2.05, 4.69) is 5.32 Å². The van der Waals surface area contributed by atoms with Crippen molar-refractivity contribution in [1.29, 1.82) is 0 Å². The van der Waals surface area contributed by atoms with Crippen molar-refractivity contribution in [3.8, 4) is 0 Å². The number of aliphatic hydroxyl groups excluding tert-OH is 1. The van der Waals surface area contributed by atoms with Crippen LogP contribution in [0.4, 0.5) is 4.79 Å². The highest BCUT2D eigenvalue weighted by Gasteiger charge is 2.20. The van der Waals surface area contributed by atoms with E-state index in [9.17, 15) is 9.90 Å². The Morgan fingerprint density at radius 3 is 2.29 bits per heavy atom. The van der Waals surface area contributed by atoms with Crippen LogP contribution in [0.1, 0.15) is 41.0 Å². The molecule has 0 radical (unpaired) electrons. The average molecular weight is 203 g/mol. The second kappa shape index (κ2) is 5.20. The van der Waals surface area contributed by atoms with Crippen molar-refractivity contribution in [3.63, 3.8) is 0 Å². The minimum Gasteiger partial charge on any atom is -0.444 e. The van der Waals surface area contributed by atoms with Crippen molar-refractivity contribution in [2.24, 2.45) is 0 Å². The lowest BCUT2D eigenvalue weighted by Crippen LogP contribution is -2.44. The summed E-state index contributed by atoms with van der Waals surface area (Å²) in [4.78, 5) is 11.3. The van der Waals surface area contributed by atoms with E-state index in [4.69, 9.17) is 4.74 Å². The summed E-state index contributed by atoms with van der Waals surface area (Å²) in [5.41, 5.74) is -0.499. The van der Waals surface area contributed by atoms with E-state index in [1.165, 1.54) is 0 Å². The lowest BCUT2D eigenvalue weighted by atomic mass is 10.1. The zero-order valence-corrected chi connectivity index (χ0v) is 9.63. The molecule has 0 aromatic heterocycles. The maximum Gasteiger partial charge on any atom is 0.407 e. The van der Waals surface area contributed by atoms with Gasteiger partial charge in [0.25, 0.3) is 0 Å². The van der Waals surface area contributed by atoms with Gasteiger partial charge >= 0.3 is 6.09 Å². The molecule has 0 spiro atoms. The molecule has 0 rings (SSSR count). The Morgan fingerprint density at radius 2 is 2.00 bits per heavy atom. The highest BCUT2D eigenvalue weighted by Crippen LogP contribution is 2.07. The number of amides is 1. The van der Waals surface area contributed by atoms with Gasteiger partial charge in [-0.3, -0.25) is 0 Å². The molecule has 1 unspecified atom stereocenters. The number of nitrogens with one attached hydrogen (secondary N) is 1. The summed E-state index contributed by atoms with van der Waals surface area (Å²) in [7, 11) is 0. The van der Waals surface area contributed by atoms with Crippen molar-refractivity contribution in [1.82, 2.24) is 5.32 Å². The van der Waals surface area contributed by atoms with Crippen LogP contribution in [-0.2, 0) is 4.74 Å². The molecule has 0 aromatic carbocycles. The van der Waals surface area contributed by atoms with E-state index in [1.54, 1.807) is 27.7 Å². The molecule has 2 N–H and O–H groups in total.